The molecule has 0 saturated heterocycles. The number of rotatable bonds is 1. The molecule has 4 rings (SSSR count). The fourth-order valence-electron chi connectivity index (χ4n) is 2.42. The summed E-state index contributed by atoms with van der Waals surface area (Å²) in [4.78, 5) is 9.34. The molecule has 0 saturated carbocycles. The summed E-state index contributed by atoms with van der Waals surface area (Å²) >= 11 is 0. The first-order valence-corrected chi connectivity index (χ1v) is 6.62. The average Bonchev–Trinajstić information content (AvgIpc) is 2.53. The maximum absolute atomic E-state index is 4.68. The third-order valence-electron chi connectivity index (χ3n) is 3.45. The topological polar surface area (TPSA) is 25.8 Å². The Balaban J connectivity index is 1.97. The largest absolute Gasteiger partial charge is 0.228 e. The molecule has 0 unspecified atom stereocenters. The second-order valence-corrected chi connectivity index (χ2v) is 4.79. The van der Waals surface area contributed by atoms with Crippen molar-refractivity contribution in [3.8, 4) is 11.3 Å². The molecule has 2 aromatic heterocycles. The summed E-state index contributed by atoms with van der Waals surface area (Å²) in [6.07, 6.45) is 0. The lowest BCUT2D eigenvalue weighted by atomic mass is 10.1. The number of nitrogens with zero attached hydrogens (tertiary/aromatic N) is 2. The van der Waals surface area contributed by atoms with E-state index in [0.29, 0.717) is 0 Å². The molecule has 0 aliphatic rings. The first-order valence-electron chi connectivity index (χ1n) is 6.62. The summed E-state index contributed by atoms with van der Waals surface area (Å²) in [5.74, 6) is 0. The van der Waals surface area contributed by atoms with Crippen LogP contribution in [0.15, 0.2) is 72.8 Å². The van der Waals surface area contributed by atoms with Gasteiger partial charge in [-0.05, 0) is 24.3 Å². The molecular formula is C18H12N2. The maximum Gasteiger partial charge on any atom is 0.160 e. The van der Waals surface area contributed by atoms with Gasteiger partial charge in [0.15, 0.2) is 5.65 Å². The van der Waals surface area contributed by atoms with Gasteiger partial charge < -0.3 is 0 Å². The number of pyridine rings is 2. The van der Waals surface area contributed by atoms with Crippen molar-refractivity contribution in [2.45, 2.75) is 0 Å². The maximum atomic E-state index is 4.68. The second-order valence-electron chi connectivity index (χ2n) is 4.79. The lowest BCUT2D eigenvalue weighted by Gasteiger charge is -2.04. The van der Waals surface area contributed by atoms with E-state index in [-0.39, 0.29) is 0 Å². The Morgan fingerprint density at radius 2 is 1.40 bits per heavy atom. The minimum absolute atomic E-state index is 0.796. The first kappa shape index (κ1) is 11.1. The van der Waals surface area contributed by atoms with Crippen molar-refractivity contribution in [1.29, 1.82) is 0 Å². The zero-order chi connectivity index (χ0) is 13.4. The monoisotopic (exact) mass is 256 g/mol. The SMILES string of the molecule is c1ccc(-c2ccc3cc4ccccc4nc3n2)cc1. The van der Waals surface area contributed by atoms with Crippen molar-refractivity contribution in [2.75, 3.05) is 0 Å². The van der Waals surface area contributed by atoms with Crippen LogP contribution in [0.4, 0.5) is 0 Å². The van der Waals surface area contributed by atoms with Gasteiger partial charge in [0.2, 0.25) is 0 Å². The van der Waals surface area contributed by atoms with Crippen LogP contribution in [0.25, 0.3) is 33.2 Å². The van der Waals surface area contributed by atoms with Crippen LogP contribution in [0.5, 0.6) is 0 Å². The fourth-order valence-corrected chi connectivity index (χ4v) is 2.42. The van der Waals surface area contributed by atoms with Gasteiger partial charge in [-0.15, -0.1) is 0 Å². The van der Waals surface area contributed by atoms with Gasteiger partial charge in [0.25, 0.3) is 0 Å². The molecule has 0 radical (unpaired) electrons. The number of para-hydroxylation sites is 1. The number of benzene rings is 2. The van der Waals surface area contributed by atoms with Gasteiger partial charge >= 0.3 is 0 Å². The van der Waals surface area contributed by atoms with Gasteiger partial charge in [-0.2, -0.15) is 0 Å². The van der Waals surface area contributed by atoms with E-state index in [0.717, 1.165) is 33.2 Å². The van der Waals surface area contributed by atoms with E-state index in [1.165, 1.54) is 0 Å². The quantitative estimate of drug-likeness (QED) is 0.470. The van der Waals surface area contributed by atoms with Crippen LogP contribution >= 0.6 is 0 Å². The molecule has 94 valence electrons. The highest BCUT2D eigenvalue weighted by Gasteiger charge is 2.03. The molecule has 0 N–H and O–H groups in total. The molecule has 0 atom stereocenters. The molecule has 0 fully saturated rings. The van der Waals surface area contributed by atoms with Crippen molar-refractivity contribution < 1.29 is 0 Å². The van der Waals surface area contributed by atoms with Crippen LogP contribution in [-0.4, -0.2) is 9.97 Å². The summed E-state index contributed by atoms with van der Waals surface area (Å²) < 4.78 is 0. The summed E-state index contributed by atoms with van der Waals surface area (Å²) in [6.45, 7) is 0. The molecular weight excluding hydrogens is 244 g/mol. The molecule has 20 heavy (non-hydrogen) atoms. The minimum Gasteiger partial charge on any atom is -0.228 e. The van der Waals surface area contributed by atoms with Gasteiger partial charge in [0.1, 0.15) is 0 Å². The van der Waals surface area contributed by atoms with Gasteiger partial charge in [0.05, 0.1) is 11.2 Å². The smallest absolute Gasteiger partial charge is 0.160 e. The normalized spacial score (nSPS) is 11.0. The Bertz CT molecular complexity index is 899. The lowest BCUT2D eigenvalue weighted by Crippen LogP contribution is -1.89. The molecule has 0 aliphatic carbocycles. The second kappa shape index (κ2) is 4.42. The van der Waals surface area contributed by atoms with E-state index in [1.807, 2.05) is 42.5 Å². The molecule has 0 spiro atoms. The van der Waals surface area contributed by atoms with Gasteiger partial charge in [-0.3, -0.25) is 0 Å². The third kappa shape index (κ3) is 1.82. The van der Waals surface area contributed by atoms with E-state index in [1.54, 1.807) is 0 Å². The summed E-state index contributed by atoms with van der Waals surface area (Å²) in [7, 11) is 0. The summed E-state index contributed by atoms with van der Waals surface area (Å²) in [6, 6.07) is 24.6. The Labute approximate surface area is 116 Å². The molecule has 0 aliphatic heterocycles. The Hall–Kier alpha value is -2.74. The zero-order valence-corrected chi connectivity index (χ0v) is 10.8. The molecule has 4 aromatic rings. The number of hydrogen-bond donors (Lipinski definition) is 0. The van der Waals surface area contributed by atoms with Crippen LogP contribution in [0, 0.1) is 0 Å². The fraction of sp³-hybridized carbons (Fsp3) is 0. The van der Waals surface area contributed by atoms with E-state index >= 15 is 0 Å². The predicted molar refractivity (Wildman–Crippen MR) is 82.5 cm³/mol. The van der Waals surface area contributed by atoms with Crippen molar-refractivity contribution in [1.82, 2.24) is 9.97 Å². The average molecular weight is 256 g/mol. The van der Waals surface area contributed by atoms with Crippen LogP contribution in [0.3, 0.4) is 0 Å². The van der Waals surface area contributed by atoms with Crippen LogP contribution in [0.1, 0.15) is 0 Å². The van der Waals surface area contributed by atoms with E-state index in [4.69, 9.17) is 0 Å². The van der Waals surface area contributed by atoms with Crippen molar-refractivity contribution in [2.24, 2.45) is 0 Å². The molecule has 0 bridgehead atoms. The predicted octanol–water partition coefficient (Wildman–Crippen LogP) is 4.45. The van der Waals surface area contributed by atoms with E-state index in [9.17, 15) is 0 Å². The Kier molecular flexibility index (Phi) is 2.46. The van der Waals surface area contributed by atoms with E-state index in [2.05, 4.69) is 40.3 Å². The highest BCUT2D eigenvalue weighted by atomic mass is 14.9. The van der Waals surface area contributed by atoms with Crippen molar-refractivity contribution in [3.05, 3.63) is 72.8 Å². The highest BCUT2D eigenvalue weighted by molar-refractivity contribution is 5.91. The van der Waals surface area contributed by atoms with Crippen molar-refractivity contribution in [3.63, 3.8) is 0 Å². The standard InChI is InChI=1S/C18H12N2/c1-2-6-13(7-3-1)17-11-10-15-12-14-8-4-5-9-16(14)19-18(15)20-17/h1-12H. The summed E-state index contributed by atoms with van der Waals surface area (Å²) in [5.41, 5.74) is 3.85. The number of aromatic nitrogens is 2. The lowest BCUT2D eigenvalue weighted by molar-refractivity contribution is 1.32. The Morgan fingerprint density at radius 3 is 2.30 bits per heavy atom. The number of hydrogen-bond acceptors (Lipinski definition) is 2. The zero-order valence-electron chi connectivity index (χ0n) is 10.8. The van der Waals surface area contributed by atoms with Crippen molar-refractivity contribution >= 4 is 21.9 Å². The highest BCUT2D eigenvalue weighted by Crippen LogP contribution is 2.22. The Morgan fingerprint density at radius 1 is 0.600 bits per heavy atom. The minimum atomic E-state index is 0.796. The van der Waals surface area contributed by atoms with Gasteiger partial charge in [0, 0.05) is 16.3 Å². The van der Waals surface area contributed by atoms with Gasteiger partial charge in [-0.25, -0.2) is 9.97 Å². The van der Waals surface area contributed by atoms with Gasteiger partial charge in [-0.1, -0.05) is 48.5 Å². The molecule has 2 heterocycles. The third-order valence-corrected chi connectivity index (χ3v) is 3.45. The van der Waals surface area contributed by atoms with E-state index < -0.39 is 0 Å². The van der Waals surface area contributed by atoms with Crippen LogP contribution in [0.2, 0.25) is 0 Å². The molecule has 2 nitrogen and oxygen atoms in total. The van der Waals surface area contributed by atoms with Crippen LogP contribution in [-0.2, 0) is 0 Å². The number of fused-ring (bicyclic) bond motifs is 2. The molecule has 0 amide bonds. The first-order chi connectivity index (χ1) is 9.90. The summed E-state index contributed by atoms with van der Waals surface area (Å²) in [5, 5.41) is 2.22. The molecule has 2 aromatic carbocycles. The van der Waals surface area contributed by atoms with Crippen LogP contribution < -0.4 is 0 Å². The molecule has 2 heteroatoms.